The van der Waals surface area contributed by atoms with Crippen molar-refractivity contribution in [3.63, 3.8) is 0 Å². The Balaban J connectivity index is 2.01. The molecule has 1 aliphatic rings. The quantitative estimate of drug-likeness (QED) is 0.724. The van der Waals surface area contributed by atoms with Crippen molar-refractivity contribution in [2.45, 2.75) is 6.42 Å². The molecule has 11 heteroatoms. The molecule has 0 radical (unpaired) electrons. The molecule has 1 aromatic heterocycles. The van der Waals surface area contributed by atoms with E-state index in [9.17, 15) is 13.2 Å². The second-order valence-electron chi connectivity index (χ2n) is 6.04. The van der Waals surface area contributed by atoms with Crippen molar-refractivity contribution in [1.82, 2.24) is 14.3 Å². The third-order valence-electron chi connectivity index (χ3n) is 4.46. The van der Waals surface area contributed by atoms with Crippen molar-refractivity contribution in [1.29, 1.82) is 0 Å². The Kier molecular flexibility index (Phi) is 5.44. The van der Waals surface area contributed by atoms with Crippen LogP contribution in [0, 0.1) is 0 Å². The topological polar surface area (TPSA) is 128 Å². The summed E-state index contributed by atoms with van der Waals surface area (Å²) in [5.41, 5.74) is 0.835. The lowest BCUT2D eigenvalue weighted by Crippen LogP contribution is -2.39. The number of fused-ring (bicyclic) bond motifs is 1. The number of aromatic nitrogens is 2. The molecule has 2 aromatic rings. The Morgan fingerprint density at radius 3 is 2.59 bits per heavy atom. The maximum absolute atomic E-state index is 12.0. The van der Waals surface area contributed by atoms with E-state index in [1.807, 2.05) is 4.90 Å². The van der Waals surface area contributed by atoms with Crippen LogP contribution < -0.4 is 14.8 Å². The van der Waals surface area contributed by atoms with Gasteiger partial charge in [0.1, 0.15) is 23.5 Å². The zero-order chi connectivity index (χ0) is 19.6. The molecule has 146 valence electrons. The molecular formula is C16H21N5O5S. The number of ether oxygens (including phenoxy) is 2. The Morgan fingerprint density at radius 2 is 1.93 bits per heavy atom. The number of carbonyl (C=O) groups is 1. The van der Waals surface area contributed by atoms with Crippen LogP contribution >= 0.6 is 0 Å². The molecule has 0 aliphatic carbocycles. The maximum atomic E-state index is 12.0. The van der Waals surface area contributed by atoms with Gasteiger partial charge < -0.3 is 14.4 Å². The molecule has 2 N–H and O–H groups in total. The van der Waals surface area contributed by atoms with Crippen molar-refractivity contribution in [3.05, 3.63) is 24.0 Å². The van der Waals surface area contributed by atoms with Crippen molar-refractivity contribution in [3.8, 4) is 5.75 Å². The summed E-state index contributed by atoms with van der Waals surface area (Å²) in [5, 5.41) is 5.94. The molecule has 0 amide bonds. The summed E-state index contributed by atoms with van der Waals surface area (Å²) in [7, 11) is -0.961. The lowest BCUT2D eigenvalue weighted by molar-refractivity contribution is 0.0597. The predicted octanol–water partition coefficient (Wildman–Crippen LogP) is 0.141. The van der Waals surface area contributed by atoms with Gasteiger partial charge in [-0.1, -0.05) is 0 Å². The van der Waals surface area contributed by atoms with Crippen LogP contribution in [0.2, 0.25) is 0 Å². The summed E-state index contributed by atoms with van der Waals surface area (Å²) in [6.45, 7) is 1.67. The molecule has 2 heterocycles. The maximum Gasteiger partial charge on any atom is 0.341 e. The van der Waals surface area contributed by atoms with Gasteiger partial charge in [0, 0.05) is 31.6 Å². The van der Waals surface area contributed by atoms with Gasteiger partial charge in [-0.3, -0.25) is 0 Å². The SMILES string of the molecule is COC(=O)c1cc2ncnc(N3CCCN(S(N)(=O)=O)CC3)c2cc1OC. The normalized spacial score (nSPS) is 16.2. The van der Waals surface area contributed by atoms with Gasteiger partial charge in [-0.2, -0.15) is 12.7 Å². The van der Waals surface area contributed by atoms with Gasteiger partial charge in [0.2, 0.25) is 0 Å². The van der Waals surface area contributed by atoms with Crippen molar-refractivity contribution in [2.75, 3.05) is 45.3 Å². The first-order valence-corrected chi connectivity index (χ1v) is 9.79. The van der Waals surface area contributed by atoms with Gasteiger partial charge in [-0.05, 0) is 18.6 Å². The van der Waals surface area contributed by atoms with Crippen LogP contribution in [0.25, 0.3) is 10.9 Å². The average Bonchev–Trinajstić information content (AvgIpc) is 2.92. The second kappa shape index (κ2) is 7.62. The van der Waals surface area contributed by atoms with Crippen molar-refractivity contribution < 1.29 is 22.7 Å². The summed E-state index contributed by atoms with van der Waals surface area (Å²) >= 11 is 0. The number of rotatable bonds is 4. The third-order valence-corrected chi connectivity index (χ3v) is 5.54. The van der Waals surface area contributed by atoms with Crippen molar-refractivity contribution >= 4 is 32.9 Å². The number of nitrogens with two attached hydrogens (primary N) is 1. The largest absolute Gasteiger partial charge is 0.496 e. The monoisotopic (exact) mass is 395 g/mol. The lowest BCUT2D eigenvalue weighted by Gasteiger charge is -2.23. The first-order chi connectivity index (χ1) is 12.8. The highest BCUT2D eigenvalue weighted by atomic mass is 32.2. The molecule has 0 unspecified atom stereocenters. The van der Waals surface area contributed by atoms with Gasteiger partial charge >= 0.3 is 5.97 Å². The van der Waals surface area contributed by atoms with E-state index in [2.05, 4.69) is 9.97 Å². The van der Waals surface area contributed by atoms with Crippen LogP contribution in [0.4, 0.5) is 5.82 Å². The molecule has 1 saturated heterocycles. The van der Waals surface area contributed by atoms with E-state index in [0.717, 1.165) is 0 Å². The van der Waals surface area contributed by atoms with E-state index in [4.69, 9.17) is 14.6 Å². The third kappa shape index (κ3) is 3.94. The number of hydrogen-bond acceptors (Lipinski definition) is 8. The standard InChI is InChI=1S/C16H21N5O5S/c1-25-14-9-11-13(8-12(14)16(22)26-2)18-10-19-15(11)20-4-3-5-21(7-6-20)27(17,23)24/h8-10H,3-7H2,1-2H3,(H2,17,23,24). The molecule has 1 fully saturated rings. The minimum Gasteiger partial charge on any atom is -0.496 e. The van der Waals surface area contributed by atoms with E-state index >= 15 is 0 Å². The van der Waals surface area contributed by atoms with E-state index in [1.54, 1.807) is 12.1 Å². The zero-order valence-electron chi connectivity index (χ0n) is 15.1. The molecule has 0 atom stereocenters. The number of hydrogen-bond donors (Lipinski definition) is 1. The number of carbonyl (C=O) groups excluding carboxylic acids is 1. The molecule has 0 spiro atoms. The van der Waals surface area contributed by atoms with Crippen molar-refractivity contribution in [2.24, 2.45) is 5.14 Å². The number of methoxy groups -OCH3 is 2. The Hall–Kier alpha value is -2.50. The smallest absolute Gasteiger partial charge is 0.341 e. The predicted molar refractivity (Wildman–Crippen MR) is 98.9 cm³/mol. The highest BCUT2D eigenvalue weighted by molar-refractivity contribution is 7.86. The van der Waals surface area contributed by atoms with Crippen LogP contribution in [0.15, 0.2) is 18.5 Å². The Labute approximate surface area is 157 Å². The molecule has 27 heavy (non-hydrogen) atoms. The van der Waals surface area contributed by atoms with Gasteiger partial charge in [-0.25, -0.2) is 19.9 Å². The number of benzene rings is 1. The summed E-state index contributed by atoms with van der Waals surface area (Å²) in [5.74, 6) is 0.477. The fourth-order valence-electron chi connectivity index (χ4n) is 3.12. The first kappa shape index (κ1) is 19.3. The van der Waals surface area contributed by atoms with E-state index in [-0.39, 0.29) is 12.1 Å². The summed E-state index contributed by atoms with van der Waals surface area (Å²) in [4.78, 5) is 22.6. The van der Waals surface area contributed by atoms with Crippen LogP contribution in [-0.4, -0.2) is 69.1 Å². The first-order valence-electron chi connectivity index (χ1n) is 8.29. The molecular weight excluding hydrogens is 374 g/mol. The molecule has 10 nitrogen and oxygen atoms in total. The lowest BCUT2D eigenvalue weighted by atomic mass is 10.1. The van der Waals surface area contributed by atoms with Crippen LogP contribution in [0.3, 0.4) is 0 Å². The molecule has 3 rings (SSSR count). The number of anilines is 1. The fourth-order valence-corrected chi connectivity index (χ4v) is 3.84. The molecule has 0 saturated carbocycles. The zero-order valence-corrected chi connectivity index (χ0v) is 15.9. The van der Waals surface area contributed by atoms with E-state index < -0.39 is 16.2 Å². The average molecular weight is 395 g/mol. The molecule has 0 bridgehead atoms. The van der Waals surface area contributed by atoms with E-state index in [0.29, 0.717) is 48.5 Å². The number of esters is 1. The summed E-state index contributed by atoms with van der Waals surface area (Å²) in [6.07, 6.45) is 2.02. The summed E-state index contributed by atoms with van der Waals surface area (Å²) in [6, 6.07) is 3.29. The second-order valence-corrected chi connectivity index (χ2v) is 7.59. The Morgan fingerprint density at radius 1 is 1.15 bits per heavy atom. The van der Waals surface area contributed by atoms with Gasteiger partial charge in [0.05, 0.1) is 19.7 Å². The highest BCUT2D eigenvalue weighted by Gasteiger charge is 2.24. The molecule has 1 aromatic carbocycles. The minimum absolute atomic E-state index is 0.266. The highest BCUT2D eigenvalue weighted by Crippen LogP contribution is 2.31. The Bertz CT molecular complexity index is 965. The van der Waals surface area contributed by atoms with E-state index in [1.165, 1.54) is 24.9 Å². The van der Waals surface area contributed by atoms with Crippen LogP contribution in [0.1, 0.15) is 16.8 Å². The number of nitrogens with zero attached hydrogens (tertiary/aromatic N) is 4. The molecule has 1 aliphatic heterocycles. The van der Waals surface area contributed by atoms with Crippen LogP contribution in [0.5, 0.6) is 5.75 Å². The van der Waals surface area contributed by atoms with Crippen LogP contribution in [-0.2, 0) is 14.9 Å². The van der Waals surface area contributed by atoms with Gasteiger partial charge in [-0.15, -0.1) is 0 Å². The van der Waals surface area contributed by atoms with Gasteiger partial charge in [0.25, 0.3) is 10.2 Å². The summed E-state index contributed by atoms with van der Waals surface area (Å²) < 4.78 is 34.6. The minimum atomic E-state index is -3.72. The van der Waals surface area contributed by atoms with Gasteiger partial charge in [0.15, 0.2) is 0 Å². The fraction of sp³-hybridized carbons (Fsp3) is 0.438.